The fraction of sp³-hybridized carbons (Fsp3) is 0.147. The molecular weight excluding hydrogens is 438 g/mol. The van der Waals surface area contributed by atoms with Gasteiger partial charge in [0, 0.05) is 0 Å². The van der Waals surface area contributed by atoms with Gasteiger partial charge in [0.2, 0.25) is 0 Å². The summed E-state index contributed by atoms with van der Waals surface area (Å²) in [5.41, 5.74) is 3.84. The SMILES string of the molecule is CC.Cc1ccc(OC#N)cc1.Cc1ccc2ccc3cccc4ccc1c2c34.Cc1ccccc1. The Balaban J connectivity index is 0.000000162. The summed E-state index contributed by atoms with van der Waals surface area (Å²) in [5, 5.41) is 16.3. The van der Waals surface area contributed by atoms with E-state index in [1.165, 1.54) is 43.4 Å². The highest BCUT2D eigenvalue weighted by molar-refractivity contribution is 6.23. The number of hydrogen-bond acceptors (Lipinski definition) is 2. The second kappa shape index (κ2) is 12.9. The summed E-state index contributed by atoms with van der Waals surface area (Å²) in [5.74, 6) is 0.591. The van der Waals surface area contributed by atoms with Gasteiger partial charge in [0.15, 0.2) is 0 Å². The van der Waals surface area contributed by atoms with Gasteiger partial charge in [0.1, 0.15) is 5.75 Å². The second-order valence-corrected chi connectivity index (χ2v) is 8.40. The average molecular weight is 472 g/mol. The van der Waals surface area contributed by atoms with Crippen LogP contribution in [0, 0.1) is 32.3 Å². The third-order valence-electron chi connectivity index (χ3n) is 5.87. The molecule has 6 aromatic rings. The molecule has 0 N–H and O–H groups in total. The lowest BCUT2D eigenvalue weighted by Gasteiger charge is -2.11. The highest BCUT2D eigenvalue weighted by atomic mass is 16.5. The van der Waals surface area contributed by atoms with Crippen LogP contribution in [0.2, 0.25) is 0 Å². The van der Waals surface area contributed by atoms with Crippen molar-refractivity contribution in [2.24, 2.45) is 0 Å². The third kappa shape index (κ3) is 6.40. The van der Waals surface area contributed by atoms with Crippen molar-refractivity contribution in [2.45, 2.75) is 34.6 Å². The summed E-state index contributed by atoms with van der Waals surface area (Å²) in [7, 11) is 0. The molecule has 0 spiro atoms. The molecule has 0 saturated carbocycles. The molecule has 0 bridgehead atoms. The van der Waals surface area contributed by atoms with Gasteiger partial charge in [-0.05, 0) is 70.8 Å². The van der Waals surface area contributed by atoms with Gasteiger partial charge in [0.25, 0.3) is 6.26 Å². The van der Waals surface area contributed by atoms with E-state index in [4.69, 9.17) is 5.26 Å². The fourth-order valence-corrected chi connectivity index (χ4v) is 4.07. The third-order valence-corrected chi connectivity index (χ3v) is 5.87. The van der Waals surface area contributed by atoms with Crippen molar-refractivity contribution in [1.82, 2.24) is 0 Å². The number of nitrogens with zero attached hydrogens (tertiary/aromatic N) is 1. The Kier molecular flexibility index (Phi) is 9.43. The zero-order valence-electron chi connectivity index (χ0n) is 21.7. The molecule has 0 aliphatic carbocycles. The smallest absolute Gasteiger partial charge is 0.292 e. The number of nitriles is 1. The van der Waals surface area contributed by atoms with Gasteiger partial charge in [-0.3, -0.25) is 0 Å². The first-order chi connectivity index (χ1) is 17.6. The first-order valence-corrected chi connectivity index (χ1v) is 12.3. The summed E-state index contributed by atoms with van der Waals surface area (Å²) < 4.78 is 4.57. The van der Waals surface area contributed by atoms with E-state index in [1.54, 1.807) is 18.4 Å². The van der Waals surface area contributed by atoms with Crippen LogP contribution in [0.4, 0.5) is 0 Å². The average Bonchev–Trinajstić information content (AvgIpc) is 2.92. The Hall–Kier alpha value is -4.35. The first kappa shape index (κ1) is 26.3. The molecule has 0 aliphatic rings. The van der Waals surface area contributed by atoms with E-state index in [2.05, 4.69) is 85.3 Å². The van der Waals surface area contributed by atoms with Crippen LogP contribution in [-0.2, 0) is 0 Å². The van der Waals surface area contributed by atoms with Crippen molar-refractivity contribution < 1.29 is 4.74 Å². The molecule has 6 aromatic carbocycles. The van der Waals surface area contributed by atoms with Crippen LogP contribution in [0.15, 0.2) is 109 Å². The minimum absolute atomic E-state index is 0.591. The summed E-state index contributed by atoms with van der Waals surface area (Å²) >= 11 is 0. The van der Waals surface area contributed by atoms with E-state index in [-0.39, 0.29) is 0 Å². The highest BCUT2D eigenvalue weighted by Crippen LogP contribution is 2.35. The normalized spacial score (nSPS) is 9.78. The van der Waals surface area contributed by atoms with Crippen LogP contribution < -0.4 is 4.74 Å². The van der Waals surface area contributed by atoms with E-state index in [1.807, 2.05) is 51.1 Å². The first-order valence-electron chi connectivity index (χ1n) is 12.3. The number of hydrogen-bond donors (Lipinski definition) is 0. The lowest BCUT2D eigenvalue weighted by molar-refractivity contribution is 0.507. The molecule has 0 amide bonds. The maximum Gasteiger partial charge on any atom is 0.292 e. The van der Waals surface area contributed by atoms with Gasteiger partial charge in [-0.25, -0.2) is 0 Å². The van der Waals surface area contributed by atoms with Crippen molar-refractivity contribution in [1.29, 1.82) is 5.26 Å². The molecule has 0 saturated heterocycles. The summed E-state index contributed by atoms with van der Waals surface area (Å²) in [4.78, 5) is 0. The largest absolute Gasteiger partial charge is 0.388 e. The minimum atomic E-state index is 0.591. The Bertz CT molecular complexity index is 1530. The molecule has 2 heteroatoms. The lowest BCUT2D eigenvalue weighted by Crippen LogP contribution is -1.85. The van der Waals surface area contributed by atoms with E-state index >= 15 is 0 Å². The predicted octanol–water partition coefficient (Wildman–Crippen LogP) is 9.77. The summed E-state index contributed by atoms with van der Waals surface area (Å²) in [6.07, 6.45) is 1.60. The minimum Gasteiger partial charge on any atom is -0.388 e. The topological polar surface area (TPSA) is 33.0 Å². The van der Waals surface area contributed by atoms with E-state index in [0.717, 1.165) is 5.56 Å². The Morgan fingerprint density at radius 2 is 1.06 bits per heavy atom. The van der Waals surface area contributed by atoms with E-state index in [9.17, 15) is 0 Å². The van der Waals surface area contributed by atoms with E-state index in [0.29, 0.717) is 5.75 Å². The molecule has 0 radical (unpaired) electrons. The number of aryl methyl sites for hydroxylation is 3. The van der Waals surface area contributed by atoms with Crippen LogP contribution in [-0.4, -0.2) is 0 Å². The highest BCUT2D eigenvalue weighted by Gasteiger charge is 2.08. The fourth-order valence-electron chi connectivity index (χ4n) is 4.07. The Morgan fingerprint density at radius 3 is 1.61 bits per heavy atom. The molecule has 36 heavy (non-hydrogen) atoms. The standard InChI is InChI=1S/C17H12.C8H7NO.C7H8.C2H6/c1-11-5-6-14-8-7-12-3-2-4-13-9-10-15(11)17(14)16(12)13;1-7-2-4-8(5-3-7)10-6-9;1-7-5-3-2-4-6-7;1-2/h2-10H,1H3;2-5H,1H3;2-6H,1H3;1-2H3. The van der Waals surface area contributed by atoms with Gasteiger partial charge in [0.05, 0.1) is 0 Å². The molecular formula is C34H33NO. The van der Waals surface area contributed by atoms with Crippen molar-refractivity contribution in [2.75, 3.05) is 0 Å². The zero-order valence-corrected chi connectivity index (χ0v) is 21.7. The molecule has 2 nitrogen and oxygen atoms in total. The lowest BCUT2D eigenvalue weighted by atomic mass is 9.92. The van der Waals surface area contributed by atoms with Crippen LogP contribution in [0.3, 0.4) is 0 Å². The molecule has 180 valence electrons. The summed E-state index contributed by atoms with van der Waals surface area (Å²) in [6.45, 7) is 10.3. The molecule has 6 rings (SSSR count). The molecule has 0 unspecified atom stereocenters. The molecule has 0 atom stereocenters. The number of rotatable bonds is 1. The van der Waals surface area contributed by atoms with E-state index < -0.39 is 0 Å². The van der Waals surface area contributed by atoms with Crippen LogP contribution >= 0.6 is 0 Å². The van der Waals surface area contributed by atoms with Crippen LogP contribution in [0.5, 0.6) is 5.75 Å². The van der Waals surface area contributed by atoms with Crippen molar-refractivity contribution >= 4 is 32.3 Å². The van der Waals surface area contributed by atoms with Gasteiger partial charge in [-0.15, -0.1) is 5.26 Å². The van der Waals surface area contributed by atoms with Crippen LogP contribution in [0.25, 0.3) is 32.3 Å². The van der Waals surface area contributed by atoms with Crippen molar-refractivity contribution in [3.63, 3.8) is 0 Å². The Morgan fingerprint density at radius 1 is 0.528 bits per heavy atom. The second-order valence-electron chi connectivity index (χ2n) is 8.40. The predicted molar refractivity (Wildman–Crippen MR) is 155 cm³/mol. The number of benzene rings is 6. The zero-order chi connectivity index (χ0) is 25.9. The quantitative estimate of drug-likeness (QED) is 0.177. The maximum absolute atomic E-state index is 8.12. The van der Waals surface area contributed by atoms with Crippen molar-refractivity contribution in [3.05, 3.63) is 126 Å². The summed E-state index contributed by atoms with van der Waals surface area (Å²) in [6, 6.07) is 37.5. The number of ether oxygens (including phenoxy) is 1. The molecule has 0 heterocycles. The Labute approximate surface area is 214 Å². The van der Waals surface area contributed by atoms with Gasteiger partial charge in [-0.1, -0.05) is 122 Å². The van der Waals surface area contributed by atoms with Crippen molar-refractivity contribution in [3.8, 4) is 12.0 Å². The maximum atomic E-state index is 8.12. The molecule has 0 aliphatic heterocycles. The van der Waals surface area contributed by atoms with Gasteiger partial charge < -0.3 is 4.74 Å². The molecule has 0 fully saturated rings. The van der Waals surface area contributed by atoms with Crippen LogP contribution in [0.1, 0.15) is 30.5 Å². The monoisotopic (exact) mass is 471 g/mol. The molecule has 0 aromatic heterocycles. The van der Waals surface area contributed by atoms with Gasteiger partial charge in [-0.2, -0.15) is 0 Å². The van der Waals surface area contributed by atoms with Gasteiger partial charge >= 0.3 is 0 Å².